The first-order chi connectivity index (χ1) is 4.49. The number of rotatable bonds is 3. The van der Waals surface area contributed by atoms with Crippen molar-refractivity contribution in [1.29, 1.82) is 0 Å². The van der Waals surface area contributed by atoms with Crippen molar-refractivity contribution >= 4 is 0 Å². The van der Waals surface area contributed by atoms with Crippen LogP contribution < -0.4 is 0 Å². The second-order valence-corrected chi connectivity index (χ2v) is 3.41. The summed E-state index contributed by atoms with van der Waals surface area (Å²) in [5, 5.41) is 0. The number of alkyl halides is 1. The minimum Gasteiger partial charge on any atom is -0.370 e. The van der Waals surface area contributed by atoms with Gasteiger partial charge in [-0.3, -0.25) is 0 Å². The highest BCUT2D eigenvalue weighted by molar-refractivity contribution is 4.64. The minimum atomic E-state index is -0.381. The van der Waals surface area contributed by atoms with Crippen molar-refractivity contribution in [2.45, 2.75) is 45.8 Å². The molecule has 2 heteroatoms. The third-order valence-electron chi connectivity index (χ3n) is 1.15. The van der Waals surface area contributed by atoms with Crippen LogP contribution in [0.15, 0.2) is 0 Å². The molecule has 0 N–H and O–H groups in total. The fraction of sp³-hybridized carbons (Fsp3) is 1.00. The van der Waals surface area contributed by atoms with Crippen LogP contribution in [0.2, 0.25) is 0 Å². The molecule has 1 nitrogen and oxygen atoms in total. The van der Waals surface area contributed by atoms with Crippen LogP contribution in [-0.2, 0) is 4.74 Å². The topological polar surface area (TPSA) is 9.23 Å². The van der Waals surface area contributed by atoms with Crippen molar-refractivity contribution in [1.82, 2.24) is 0 Å². The maximum absolute atomic E-state index is 12.1. The smallest absolute Gasteiger partial charge is 0.116 e. The molecule has 10 heavy (non-hydrogen) atoms. The van der Waals surface area contributed by atoms with E-state index < -0.39 is 0 Å². The maximum atomic E-state index is 12.1. The van der Waals surface area contributed by atoms with Crippen molar-refractivity contribution in [3.05, 3.63) is 0 Å². The molecule has 1 atom stereocenters. The van der Waals surface area contributed by atoms with E-state index in [4.69, 9.17) is 4.74 Å². The standard InChI is InChI=1S/C8H17FO/c1-5-7(6-9)10-8(2,3)4/h7H,5-6H2,1-4H3. The molecule has 0 aliphatic heterocycles. The highest BCUT2D eigenvalue weighted by atomic mass is 19.1. The molecule has 0 rings (SSSR count). The third kappa shape index (κ3) is 4.74. The fourth-order valence-electron chi connectivity index (χ4n) is 0.724. The van der Waals surface area contributed by atoms with E-state index in [-0.39, 0.29) is 18.4 Å². The molecule has 1 unspecified atom stereocenters. The Hall–Kier alpha value is -0.110. The van der Waals surface area contributed by atoms with Gasteiger partial charge in [0.15, 0.2) is 0 Å². The molecule has 0 saturated carbocycles. The lowest BCUT2D eigenvalue weighted by molar-refractivity contribution is -0.0693. The van der Waals surface area contributed by atoms with Crippen LogP contribution in [0.3, 0.4) is 0 Å². The van der Waals surface area contributed by atoms with Gasteiger partial charge in [-0.15, -0.1) is 0 Å². The zero-order valence-electron chi connectivity index (χ0n) is 7.28. The highest BCUT2D eigenvalue weighted by Crippen LogP contribution is 2.12. The van der Waals surface area contributed by atoms with Crippen LogP contribution in [0.4, 0.5) is 4.39 Å². The first-order valence-corrected chi connectivity index (χ1v) is 3.73. The average Bonchev–Trinajstić information content (AvgIpc) is 1.81. The summed E-state index contributed by atoms with van der Waals surface area (Å²) in [5.41, 5.74) is -0.216. The van der Waals surface area contributed by atoms with Crippen molar-refractivity contribution in [2.75, 3.05) is 6.67 Å². The number of hydrogen-bond acceptors (Lipinski definition) is 1. The molecule has 0 aromatic heterocycles. The summed E-state index contributed by atoms with van der Waals surface area (Å²) in [6.45, 7) is 7.35. The quantitative estimate of drug-likeness (QED) is 0.597. The lowest BCUT2D eigenvalue weighted by Gasteiger charge is -2.24. The van der Waals surface area contributed by atoms with Crippen molar-refractivity contribution < 1.29 is 9.13 Å². The normalized spacial score (nSPS) is 15.3. The van der Waals surface area contributed by atoms with Gasteiger partial charge in [0.25, 0.3) is 0 Å². The largest absolute Gasteiger partial charge is 0.370 e. The SMILES string of the molecule is CCC(CF)OC(C)(C)C. The summed E-state index contributed by atoms with van der Waals surface area (Å²) >= 11 is 0. The van der Waals surface area contributed by atoms with Crippen LogP contribution in [0, 0.1) is 0 Å². The molecule has 0 aliphatic carbocycles. The van der Waals surface area contributed by atoms with Gasteiger partial charge in [0.1, 0.15) is 6.67 Å². The van der Waals surface area contributed by atoms with Gasteiger partial charge in [0.2, 0.25) is 0 Å². The second-order valence-electron chi connectivity index (χ2n) is 3.41. The summed E-state index contributed by atoms with van der Waals surface area (Å²) in [5.74, 6) is 0. The van der Waals surface area contributed by atoms with Crippen molar-refractivity contribution in [3.8, 4) is 0 Å². The Morgan fingerprint density at radius 2 is 1.90 bits per heavy atom. The van der Waals surface area contributed by atoms with E-state index in [0.717, 1.165) is 6.42 Å². The monoisotopic (exact) mass is 148 g/mol. The van der Waals surface area contributed by atoms with Crippen LogP contribution in [0.1, 0.15) is 34.1 Å². The van der Waals surface area contributed by atoms with Gasteiger partial charge < -0.3 is 4.74 Å². The predicted molar refractivity (Wildman–Crippen MR) is 40.9 cm³/mol. The lowest BCUT2D eigenvalue weighted by atomic mass is 10.2. The second kappa shape index (κ2) is 3.91. The molecule has 0 aliphatic rings. The van der Waals surface area contributed by atoms with E-state index in [1.165, 1.54) is 0 Å². The Balaban J connectivity index is 3.63. The van der Waals surface area contributed by atoms with E-state index in [1.54, 1.807) is 0 Å². The summed E-state index contributed by atoms with van der Waals surface area (Å²) in [4.78, 5) is 0. The molecule has 0 fully saturated rings. The predicted octanol–water partition coefficient (Wildman–Crippen LogP) is 2.55. The van der Waals surface area contributed by atoms with E-state index in [9.17, 15) is 4.39 Å². The van der Waals surface area contributed by atoms with Gasteiger partial charge in [-0.25, -0.2) is 4.39 Å². The molecule has 0 amide bonds. The number of halogens is 1. The molecule has 0 bridgehead atoms. The molecule has 62 valence electrons. The number of hydrogen-bond donors (Lipinski definition) is 0. The zero-order valence-corrected chi connectivity index (χ0v) is 7.28. The average molecular weight is 148 g/mol. The van der Waals surface area contributed by atoms with Gasteiger partial charge in [0, 0.05) is 0 Å². The first-order valence-electron chi connectivity index (χ1n) is 3.73. The molecule has 0 radical (unpaired) electrons. The van der Waals surface area contributed by atoms with Crippen LogP contribution in [0.25, 0.3) is 0 Å². The van der Waals surface area contributed by atoms with Gasteiger partial charge in [-0.05, 0) is 27.2 Å². The van der Waals surface area contributed by atoms with Gasteiger partial charge in [0.05, 0.1) is 11.7 Å². The molecule has 0 aromatic rings. The molecule has 0 heterocycles. The van der Waals surface area contributed by atoms with Crippen molar-refractivity contribution in [2.24, 2.45) is 0 Å². The summed E-state index contributed by atoms with van der Waals surface area (Å²) < 4.78 is 17.4. The first kappa shape index (κ1) is 9.89. The Morgan fingerprint density at radius 3 is 2.00 bits per heavy atom. The Bertz CT molecular complexity index is 81.7. The fourth-order valence-corrected chi connectivity index (χ4v) is 0.724. The molecular formula is C8H17FO. The van der Waals surface area contributed by atoms with E-state index in [2.05, 4.69) is 0 Å². The Morgan fingerprint density at radius 1 is 1.40 bits per heavy atom. The zero-order chi connectivity index (χ0) is 8.20. The third-order valence-corrected chi connectivity index (χ3v) is 1.15. The summed E-state index contributed by atoms with van der Waals surface area (Å²) in [6.07, 6.45) is 0.522. The van der Waals surface area contributed by atoms with Gasteiger partial charge in [-0.1, -0.05) is 6.92 Å². The Labute approximate surface area is 62.6 Å². The summed E-state index contributed by atoms with van der Waals surface area (Å²) in [7, 11) is 0. The van der Waals surface area contributed by atoms with Gasteiger partial charge in [-0.2, -0.15) is 0 Å². The highest BCUT2D eigenvalue weighted by Gasteiger charge is 2.16. The van der Waals surface area contributed by atoms with E-state index in [1.807, 2.05) is 27.7 Å². The number of ether oxygens (including phenoxy) is 1. The van der Waals surface area contributed by atoms with Crippen LogP contribution in [0.5, 0.6) is 0 Å². The van der Waals surface area contributed by atoms with Crippen LogP contribution >= 0.6 is 0 Å². The molecule has 0 aromatic carbocycles. The molecule has 0 saturated heterocycles. The summed E-state index contributed by atoms with van der Waals surface area (Å²) in [6, 6.07) is 0. The van der Waals surface area contributed by atoms with Crippen LogP contribution in [-0.4, -0.2) is 18.4 Å². The van der Waals surface area contributed by atoms with Gasteiger partial charge >= 0.3 is 0 Å². The lowest BCUT2D eigenvalue weighted by Crippen LogP contribution is -2.28. The van der Waals surface area contributed by atoms with E-state index >= 15 is 0 Å². The van der Waals surface area contributed by atoms with Crippen molar-refractivity contribution in [3.63, 3.8) is 0 Å². The maximum Gasteiger partial charge on any atom is 0.116 e. The minimum absolute atomic E-state index is 0.216. The Kier molecular flexibility index (Phi) is 3.87. The molecule has 0 spiro atoms. The van der Waals surface area contributed by atoms with E-state index in [0.29, 0.717) is 0 Å². The molecular weight excluding hydrogens is 131 g/mol.